The van der Waals surface area contributed by atoms with Crippen molar-refractivity contribution in [2.75, 3.05) is 13.1 Å². The quantitative estimate of drug-likeness (QED) is 0.766. The van der Waals surface area contributed by atoms with Gasteiger partial charge in [-0.1, -0.05) is 19.8 Å². The molecule has 3 nitrogen and oxygen atoms in total. The van der Waals surface area contributed by atoms with Gasteiger partial charge in [0, 0.05) is 18.5 Å². The third-order valence-corrected chi connectivity index (χ3v) is 4.13. The van der Waals surface area contributed by atoms with Crippen LogP contribution in [0, 0.1) is 11.8 Å². The Morgan fingerprint density at radius 2 is 2.12 bits per heavy atom. The molecule has 3 heteroatoms. The van der Waals surface area contributed by atoms with Crippen molar-refractivity contribution in [1.82, 2.24) is 10.6 Å². The highest BCUT2D eigenvalue weighted by Gasteiger charge is 2.29. The van der Waals surface area contributed by atoms with Gasteiger partial charge in [0.1, 0.15) is 0 Å². The minimum Gasteiger partial charge on any atom is -0.354 e. The SMILES string of the molecule is CC1CCCC1C(=O)NCC1CCCCN1. The number of nitrogens with one attached hydrogen (secondary N) is 2. The Labute approximate surface area is 98.4 Å². The summed E-state index contributed by atoms with van der Waals surface area (Å²) in [5.41, 5.74) is 0. The topological polar surface area (TPSA) is 41.1 Å². The summed E-state index contributed by atoms with van der Waals surface area (Å²) in [4.78, 5) is 12.0. The number of rotatable bonds is 3. The van der Waals surface area contributed by atoms with Crippen molar-refractivity contribution in [3.8, 4) is 0 Å². The van der Waals surface area contributed by atoms with E-state index in [9.17, 15) is 4.79 Å². The first-order valence-corrected chi connectivity index (χ1v) is 6.78. The molecule has 1 aliphatic carbocycles. The molecule has 3 atom stereocenters. The minimum atomic E-state index is 0.281. The van der Waals surface area contributed by atoms with Crippen LogP contribution in [0.1, 0.15) is 45.4 Å². The highest BCUT2D eigenvalue weighted by Crippen LogP contribution is 2.31. The van der Waals surface area contributed by atoms with Gasteiger partial charge >= 0.3 is 0 Å². The van der Waals surface area contributed by atoms with Crippen molar-refractivity contribution >= 4 is 5.91 Å². The highest BCUT2D eigenvalue weighted by atomic mass is 16.1. The molecule has 2 fully saturated rings. The summed E-state index contributed by atoms with van der Waals surface area (Å²) in [7, 11) is 0. The van der Waals surface area contributed by atoms with Crippen LogP contribution in [-0.2, 0) is 4.79 Å². The lowest BCUT2D eigenvalue weighted by Gasteiger charge is -2.24. The highest BCUT2D eigenvalue weighted by molar-refractivity contribution is 5.79. The molecule has 0 spiro atoms. The van der Waals surface area contributed by atoms with E-state index in [4.69, 9.17) is 0 Å². The number of amides is 1. The third-order valence-electron chi connectivity index (χ3n) is 4.13. The smallest absolute Gasteiger partial charge is 0.223 e. The summed E-state index contributed by atoms with van der Waals surface area (Å²) in [5, 5.41) is 6.58. The Balaban J connectivity index is 1.70. The molecule has 0 aromatic carbocycles. The molecule has 2 rings (SSSR count). The standard InChI is InChI=1S/C13H24N2O/c1-10-5-4-7-12(10)13(16)15-9-11-6-2-3-8-14-11/h10-12,14H,2-9H2,1H3,(H,15,16). The van der Waals surface area contributed by atoms with Gasteiger partial charge in [0.25, 0.3) is 0 Å². The summed E-state index contributed by atoms with van der Waals surface area (Å²) in [5.74, 6) is 1.15. The van der Waals surface area contributed by atoms with Crippen LogP contribution in [0.15, 0.2) is 0 Å². The number of hydrogen-bond donors (Lipinski definition) is 2. The summed E-state index contributed by atoms with van der Waals surface area (Å²) in [6.07, 6.45) is 7.32. The lowest BCUT2D eigenvalue weighted by Crippen LogP contribution is -2.45. The molecule has 3 unspecified atom stereocenters. The van der Waals surface area contributed by atoms with Crippen molar-refractivity contribution in [3.63, 3.8) is 0 Å². The van der Waals surface area contributed by atoms with Crippen molar-refractivity contribution in [1.29, 1.82) is 0 Å². The average Bonchev–Trinajstić information content (AvgIpc) is 2.74. The van der Waals surface area contributed by atoms with Gasteiger partial charge in [-0.05, 0) is 38.1 Å². The van der Waals surface area contributed by atoms with Gasteiger partial charge < -0.3 is 10.6 Å². The van der Waals surface area contributed by atoms with Crippen LogP contribution in [0.3, 0.4) is 0 Å². The van der Waals surface area contributed by atoms with Gasteiger partial charge in [-0.2, -0.15) is 0 Å². The molecule has 0 bridgehead atoms. The summed E-state index contributed by atoms with van der Waals surface area (Å²) in [6, 6.07) is 0.509. The van der Waals surface area contributed by atoms with Gasteiger partial charge in [-0.3, -0.25) is 4.79 Å². The van der Waals surface area contributed by atoms with E-state index in [1.807, 2.05) is 0 Å². The molecular weight excluding hydrogens is 200 g/mol. The van der Waals surface area contributed by atoms with Gasteiger partial charge in [-0.15, -0.1) is 0 Å². The molecule has 1 saturated heterocycles. The van der Waals surface area contributed by atoms with Crippen LogP contribution in [0.5, 0.6) is 0 Å². The molecule has 92 valence electrons. The predicted molar refractivity (Wildman–Crippen MR) is 65.2 cm³/mol. The predicted octanol–water partition coefficient (Wildman–Crippen LogP) is 1.68. The maximum absolute atomic E-state index is 12.0. The van der Waals surface area contributed by atoms with E-state index in [0.29, 0.717) is 12.0 Å². The van der Waals surface area contributed by atoms with Gasteiger partial charge in [0.2, 0.25) is 5.91 Å². The molecule has 1 heterocycles. The fourth-order valence-corrected chi connectivity index (χ4v) is 2.99. The fraction of sp³-hybridized carbons (Fsp3) is 0.923. The molecule has 2 aliphatic rings. The second kappa shape index (κ2) is 5.67. The van der Waals surface area contributed by atoms with Crippen LogP contribution < -0.4 is 10.6 Å². The molecule has 1 amide bonds. The monoisotopic (exact) mass is 224 g/mol. The number of carbonyl (C=O) groups excluding carboxylic acids is 1. The number of carbonyl (C=O) groups is 1. The molecular formula is C13H24N2O. The zero-order valence-corrected chi connectivity index (χ0v) is 10.3. The first kappa shape index (κ1) is 11.9. The second-order valence-corrected chi connectivity index (χ2v) is 5.41. The van der Waals surface area contributed by atoms with Crippen LogP contribution >= 0.6 is 0 Å². The molecule has 1 aliphatic heterocycles. The second-order valence-electron chi connectivity index (χ2n) is 5.41. The fourth-order valence-electron chi connectivity index (χ4n) is 2.99. The van der Waals surface area contributed by atoms with Gasteiger partial charge in [0.05, 0.1) is 0 Å². The van der Waals surface area contributed by atoms with E-state index >= 15 is 0 Å². The Bertz CT molecular complexity index is 236. The summed E-state index contributed by atoms with van der Waals surface area (Å²) < 4.78 is 0. The van der Waals surface area contributed by atoms with Crippen molar-refractivity contribution < 1.29 is 4.79 Å². The molecule has 0 aromatic heterocycles. The Morgan fingerprint density at radius 1 is 1.25 bits per heavy atom. The van der Waals surface area contributed by atoms with Crippen LogP contribution in [-0.4, -0.2) is 25.0 Å². The Kier molecular flexibility index (Phi) is 4.22. The Morgan fingerprint density at radius 3 is 2.75 bits per heavy atom. The summed E-state index contributed by atoms with van der Waals surface area (Å²) >= 11 is 0. The summed E-state index contributed by atoms with van der Waals surface area (Å²) in [6.45, 7) is 4.14. The largest absolute Gasteiger partial charge is 0.354 e. The van der Waals surface area contributed by atoms with Crippen molar-refractivity contribution in [2.45, 2.75) is 51.5 Å². The first-order chi connectivity index (χ1) is 7.77. The van der Waals surface area contributed by atoms with Crippen LogP contribution in [0.2, 0.25) is 0 Å². The molecule has 2 N–H and O–H groups in total. The van der Waals surface area contributed by atoms with Crippen molar-refractivity contribution in [2.24, 2.45) is 11.8 Å². The lowest BCUT2D eigenvalue weighted by molar-refractivity contribution is -0.126. The van der Waals surface area contributed by atoms with E-state index in [0.717, 1.165) is 19.5 Å². The molecule has 1 saturated carbocycles. The molecule has 0 aromatic rings. The molecule has 0 radical (unpaired) electrons. The van der Waals surface area contributed by atoms with E-state index in [-0.39, 0.29) is 11.8 Å². The zero-order valence-electron chi connectivity index (χ0n) is 10.3. The average molecular weight is 224 g/mol. The maximum Gasteiger partial charge on any atom is 0.223 e. The zero-order chi connectivity index (χ0) is 11.4. The minimum absolute atomic E-state index is 0.281. The first-order valence-electron chi connectivity index (χ1n) is 6.78. The Hall–Kier alpha value is -0.570. The van der Waals surface area contributed by atoms with Crippen LogP contribution in [0.25, 0.3) is 0 Å². The van der Waals surface area contributed by atoms with Crippen LogP contribution in [0.4, 0.5) is 0 Å². The maximum atomic E-state index is 12.0. The number of hydrogen-bond acceptors (Lipinski definition) is 2. The third kappa shape index (κ3) is 2.97. The van der Waals surface area contributed by atoms with E-state index in [1.54, 1.807) is 0 Å². The van der Waals surface area contributed by atoms with Crippen molar-refractivity contribution in [3.05, 3.63) is 0 Å². The normalized spacial score (nSPS) is 34.9. The van der Waals surface area contributed by atoms with Gasteiger partial charge in [0.15, 0.2) is 0 Å². The number of piperidine rings is 1. The van der Waals surface area contributed by atoms with E-state index < -0.39 is 0 Å². The van der Waals surface area contributed by atoms with E-state index in [2.05, 4.69) is 17.6 Å². The van der Waals surface area contributed by atoms with E-state index in [1.165, 1.54) is 32.1 Å². The van der Waals surface area contributed by atoms with Gasteiger partial charge in [-0.25, -0.2) is 0 Å². The lowest BCUT2D eigenvalue weighted by atomic mass is 9.97. The molecule has 16 heavy (non-hydrogen) atoms.